The molecule has 2 heterocycles. The highest BCUT2D eigenvalue weighted by Gasteiger charge is 2.16. The fourth-order valence-corrected chi connectivity index (χ4v) is 3.79. The van der Waals surface area contributed by atoms with E-state index >= 15 is 0 Å². The van der Waals surface area contributed by atoms with Gasteiger partial charge in [-0.3, -0.25) is 4.79 Å². The van der Waals surface area contributed by atoms with E-state index in [4.69, 9.17) is 29.9 Å². The van der Waals surface area contributed by atoms with Gasteiger partial charge < -0.3 is 23.6 Å². The van der Waals surface area contributed by atoms with Crippen molar-refractivity contribution in [3.05, 3.63) is 83.6 Å². The number of nitrogens with zero attached hydrogens (tertiary/aromatic N) is 1. The maximum Gasteiger partial charge on any atom is 0.291 e. The van der Waals surface area contributed by atoms with Crippen LogP contribution in [-0.2, 0) is 0 Å². The van der Waals surface area contributed by atoms with Crippen molar-refractivity contribution in [2.75, 3.05) is 19.5 Å². The lowest BCUT2D eigenvalue weighted by Gasteiger charge is -2.07. The number of amides is 1. The highest BCUT2D eigenvalue weighted by Crippen LogP contribution is 2.34. The monoisotopic (exact) mass is 474 g/mol. The number of nitrogens with one attached hydrogen (secondary N) is 1. The molecule has 0 saturated heterocycles. The van der Waals surface area contributed by atoms with Crippen molar-refractivity contribution in [2.45, 2.75) is 0 Å². The molecule has 170 valence electrons. The van der Waals surface area contributed by atoms with Gasteiger partial charge in [-0.25, -0.2) is 4.98 Å². The van der Waals surface area contributed by atoms with Crippen LogP contribution < -0.4 is 14.8 Å². The number of carbonyl (C=O) groups excluding carboxylic acids is 1. The van der Waals surface area contributed by atoms with Gasteiger partial charge in [0.1, 0.15) is 11.3 Å². The van der Waals surface area contributed by atoms with Gasteiger partial charge in [-0.1, -0.05) is 23.7 Å². The molecule has 0 unspecified atom stereocenters. The highest BCUT2D eigenvalue weighted by molar-refractivity contribution is 6.33. The predicted octanol–water partition coefficient (Wildman–Crippen LogP) is 6.68. The van der Waals surface area contributed by atoms with Crippen LogP contribution >= 0.6 is 11.6 Å². The average Bonchev–Trinajstić information content (AvgIpc) is 3.51. The van der Waals surface area contributed by atoms with Crippen LogP contribution in [0.1, 0.15) is 10.6 Å². The van der Waals surface area contributed by atoms with Crippen LogP contribution in [0.3, 0.4) is 0 Å². The van der Waals surface area contributed by atoms with Crippen molar-refractivity contribution in [3.63, 3.8) is 0 Å². The van der Waals surface area contributed by atoms with Gasteiger partial charge in [-0.15, -0.1) is 0 Å². The first kappa shape index (κ1) is 21.6. The van der Waals surface area contributed by atoms with E-state index in [1.807, 2.05) is 24.3 Å². The SMILES string of the molecule is COc1ccc(-c2nc3cc(NC(=O)c4ccc(-c5ccccc5Cl)o4)ccc3o2)cc1OC. The number of hydrogen-bond donors (Lipinski definition) is 1. The summed E-state index contributed by atoms with van der Waals surface area (Å²) in [6.07, 6.45) is 0. The Morgan fingerprint density at radius 3 is 2.53 bits per heavy atom. The number of hydrogen-bond acceptors (Lipinski definition) is 6. The second-order valence-electron chi connectivity index (χ2n) is 7.37. The molecule has 0 aliphatic rings. The molecule has 0 aliphatic carbocycles. The van der Waals surface area contributed by atoms with Gasteiger partial charge in [-0.2, -0.15) is 0 Å². The van der Waals surface area contributed by atoms with Gasteiger partial charge in [0.05, 0.1) is 19.2 Å². The van der Waals surface area contributed by atoms with E-state index in [9.17, 15) is 4.79 Å². The molecule has 2 aromatic heterocycles. The summed E-state index contributed by atoms with van der Waals surface area (Å²) in [4.78, 5) is 17.3. The zero-order valence-corrected chi connectivity index (χ0v) is 19.1. The fraction of sp³-hybridized carbons (Fsp3) is 0.0769. The number of methoxy groups -OCH3 is 2. The number of benzene rings is 3. The van der Waals surface area contributed by atoms with Crippen molar-refractivity contribution in [2.24, 2.45) is 0 Å². The first-order valence-corrected chi connectivity index (χ1v) is 10.7. The van der Waals surface area contributed by atoms with Crippen LogP contribution in [0.25, 0.3) is 33.9 Å². The highest BCUT2D eigenvalue weighted by atomic mass is 35.5. The molecule has 5 rings (SSSR count). The van der Waals surface area contributed by atoms with Crippen molar-refractivity contribution >= 4 is 34.3 Å². The quantitative estimate of drug-likeness (QED) is 0.295. The second-order valence-corrected chi connectivity index (χ2v) is 7.78. The van der Waals surface area contributed by atoms with Crippen molar-refractivity contribution in [1.29, 1.82) is 0 Å². The lowest BCUT2D eigenvalue weighted by molar-refractivity contribution is 0.0997. The molecule has 0 aliphatic heterocycles. The Morgan fingerprint density at radius 2 is 1.74 bits per heavy atom. The standard InChI is InChI=1S/C26H19ClN2O5/c1-31-22-9-7-15(13-24(22)32-2)26-29-19-14-16(8-10-21(19)34-26)28-25(30)23-12-11-20(33-23)17-5-3-4-6-18(17)27/h3-14H,1-2H3,(H,28,30). The Labute approximate surface area is 199 Å². The summed E-state index contributed by atoms with van der Waals surface area (Å²) in [5.41, 5.74) is 3.19. The zero-order valence-electron chi connectivity index (χ0n) is 18.3. The Kier molecular flexibility index (Phi) is 5.69. The Bertz CT molecular complexity index is 1500. The number of furan rings is 1. The second kappa shape index (κ2) is 8.96. The van der Waals surface area contributed by atoms with Gasteiger partial charge >= 0.3 is 0 Å². The van der Waals surface area contributed by atoms with Crippen LogP contribution in [0.5, 0.6) is 11.5 Å². The Hall–Kier alpha value is -4.23. The van der Waals surface area contributed by atoms with E-state index in [0.29, 0.717) is 45.0 Å². The van der Waals surface area contributed by atoms with Crippen molar-refractivity contribution in [3.8, 4) is 34.3 Å². The van der Waals surface area contributed by atoms with E-state index in [1.54, 1.807) is 62.8 Å². The molecule has 0 bridgehead atoms. The fourth-order valence-electron chi connectivity index (χ4n) is 3.56. The third kappa shape index (κ3) is 4.09. The summed E-state index contributed by atoms with van der Waals surface area (Å²) >= 11 is 6.22. The van der Waals surface area contributed by atoms with Crippen LogP contribution in [0.2, 0.25) is 5.02 Å². The molecule has 8 heteroatoms. The topological polar surface area (TPSA) is 86.7 Å². The van der Waals surface area contributed by atoms with Crippen molar-refractivity contribution in [1.82, 2.24) is 4.98 Å². The number of fused-ring (bicyclic) bond motifs is 1. The van der Waals surface area contributed by atoms with Gasteiger partial charge in [0.15, 0.2) is 22.8 Å². The maximum atomic E-state index is 12.7. The normalized spacial score (nSPS) is 10.9. The van der Waals surface area contributed by atoms with Crippen molar-refractivity contribution < 1.29 is 23.1 Å². The molecule has 0 spiro atoms. The van der Waals surface area contributed by atoms with E-state index in [-0.39, 0.29) is 11.7 Å². The summed E-state index contributed by atoms with van der Waals surface area (Å²) in [6, 6.07) is 21.2. The van der Waals surface area contributed by atoms with Crippen LogP contribution in [0.4, 0.5) is 5.69 Å². The molecule has 0 atom stereocenters. The van der Waals surface area contributed by atoms with Gasteiger partial charge in [0, 0.05) is 16.8 Å². The largest absolute Gasteiger partial charge is 0.493 e. The summed E-state index contributed by atoms with van der Waals surface area (Å²) in [7, 11) is 3.15. The van der Waals surface area contributed by atoms with Crippen LogP contribution in [-0.4, -0.2) is 25.1 Å². The Morgan fingerprint density at radius 1 is 0.912 bits per heavy atom. The van der Waals surface area contributed by atoms with E-state index < -0.39 is 0 Å². The minimum Gasteiger partial charge on any atom is -0.493 e. The number of aromatic nitrogens is 1. The molecule has 1 amide bonds. The first-order chi connectivity index (χ1) is 16.6. The zero-order chi connectivity index (χ0) is 23.7. The minimum absolute atomic E-state index is 0.168. The Balaban J connectivity index is 1.37. The van der Waals surface area contributed by atoms with Gasteiger partial charge in [0.2, 0.25) is 5.89 Å². The molecule has 3 aromatic carbocycles. The number of halogens is 1. The number of oxazole rings is 1. The van der Waals surface area contributed by atoms with E-state index in [0.717, 1.165) is 11.1 Å². The number of rotatable bonds is 6. The summed E-state index contributed by atoms with van der Waals surface area (Å²) in [5, 5.41) is 3.38. The summed E-state index contributed by atoms with van der Waals surface area (Å²) in [6.45, 7) is 0. The number of carbonyl (C=O) groups is 1. The smallest absolute Gasteiger partial charge is 0.291 e. The van der Waals surface area contributed by atoms with E-state index in [2.05, 4.69) is 10.3 Å². The molecule has 1 N–H and O–H groups in total. The first-order valence-electron chi connectivity index (χ1n) is 10.3. The molecular formula is C26H19ClN2O5. The van der Waals surface area contributed by atoms with Gasteiger partial charge in [-0.05, 0) is 60.7 Å². The lowest BCUT2D eigenvalue weighted by atomic mass is 10.2. The van der Waals surface area contributed by atoms with E-state index in [1.165, 1.54) is 0 Å². The predicted molar refractivity (Wildman–Crippen MR) is 130 cm³/mol. The molecule has 0 radical (unpaired) electrons. The molecule has 0 saturated carbocycles. The molecular weight excluding hydrogens is 456 g/mol. The number of ether oxygens (including phenoxy) is 2. The summed E-state index contributed by atoms with van der Waals surface area (Å²) < 4.78 is 22.2. The molecule has 5 aromatic rings. The number of anilines is 1. The lowest BCUT2D eigenvalue weighted by Crippen LogP contribution is -2.10. The van der Waals surface area contributed by atoms with Crippen LogP contribution in [0, 0.1) is 0 Å². The van der Waals surface area contributed by atoms with Gasteiger partial charge in [0.25, 0.3) is 5.91 Å². The maximum absolute atomic E-state index is 12.7. The molecule has 34 heavy (non-hydrogen) atoms. The minimum atomic E-state index is -0.388. The average molecular weight is 475 g/mol. The summed E-state index contributed by atoms with van der Waals surface area (Å²) in [5.74, 6) is 1.91. The third-order valence-corrected chi connectivity index (χ3v) is 5.57. The molecule has 7 nitrogen and oxygen atoms in total. The van der Waals surface area contributed by atoms with Crippen LogP contribution in [0.15, 0.2) is 81.6 Å². The third-order valence-electron chi connectivity index (χ3n) is 5.25. The molecule has 0 fully saturated rings.